The SMILES string of the molecule is CC1(C)COc2cc(C=O)cc(Cl)c2OC1. The van der Waals surface area contributed by atoms with E-state index in [4.69, 9.17) is 21.1 Å². The first-order chi connectivity index (χ1) is 7.52. The molecule has 1 aliphatic rings. The second-order valence-electron chi connectivity index (χ2n) is 4.69. The summed E-state index contributed by atoms with van der Waals surface area (Å²) in [6, 6.07) is 3.23. The van der Waals surface area contributed by atoms with Crippen molar-refractivity contribution < 1.29 is 14.3 Å². The molecule has 1 aliphatic heterocycles. The average molecular weight is 241 g/mol. The van der Waals surface area contributed by atoms with Crippen LogP contribution in [-0.2, 0) is 0 Å². The molecule has 2 rings (SSSR count). The Morgan fingerprint density at radius 1 is 1.31 bits per heavy atom. The fourth-order valence-corrected chi connectivity index (χ4v) is 1.76. The van der Waals surface area contributed by atoms with Gasteiger partial charge in [0.2, 0.25) is 0 Å². The van der Waals surface area contributed by atoms with E-state index < -0.39 is 0 Å². The van der Waals surface area contributed by atoms with Crippen molar-refractivity contribution in [3.05, 3.63) is 22.7 Å². The van der Waals surface area contributed by atoms with Gasteiger partial charge in [-0.25, -0.2) is 0 Å². The zero-order valence-electron chi connectivity index (χ0n) is 9.25. The first-order valence-corrected chi connectivity index (χ1v) is 5.44. The summed E-state index contributed by atoms with van der Waals surface area (Å²) in [6.45, 7) is 5.18. The molecule has 0 atom stereocenters. The first kappa shape index (κ1) is 11.3. The molecular formula is C12H13ClO3. The van der Waals surface area contributed by atoms with Crippen LogP contribution in [0, 0.1) is 5.41 Å². The Labute approximate surface area is 99.3 Å². The molecule has 1 aromatic carbocycles. The van der Waals surface area contributed by atoms with E-state index in [2.05, 4.69) is 0 Å². The number of ether oxygens (including phenoxy) is 2. The number of hydrogen-bond donors (Lipinski definition) is 0. The largest absolute Gasteiger partial charge is 0.489 e. The topological polar surface area (TPSA) is 35.5 Å². The minimum absolute atomic E-state index is 0.0658. The number of hydrogen-bond acceptors (Lipinski definition) is 3. The highest BCUT2D eigenvalue weighted by Crippen LogP contribution is 2.39. The van der Waals surface area contributed by atoms with Gasteiger partial charge in [0.25, 0.3) is 0 Å². The maximum absolute atomic E-state index is 10.7. The van der Waals surface area contributed by atoms with Crippen LogP contribution in [0.25, 0.3) is 0 Å². The molecule has 0 spiro atoms. The highest BCUT2D eigenvalue weighted by molar-refractivity contribution is 6.32. The van der Waals surface area contributed by atoms with Gasteiger partial charge in [0, 0.05) is 11.0 Å². The molecule has 1 aromatic rings. The Balaban J connectivity index is 2.41. The van der Waals surface area contributed by atoms with Crippen molar-refractivity contribution in [2.75, 3.05) is 13.2 Å². The standard InChI is InChI=1S/C12H13ClO3/c1-12(2)6-15-10-4-8(5-14)3-9(13)11(10)16-7-12/h3-5H,6-7H2,1-2H3. The average Bonchev–Trinajstić information content (AvgIpc) is 2.38. The monoisotopic (exact) mass is 240 g/mol. The zero-order chi connectivity index (χ0) is 11.8. The lowest BCUT2D eigenvalue weighted by Crippen LogP contribution is -2.26. The number of aldehydes is 1. The molecule has 0 amide bonds. The van der Waals surface area contributed by atoms with Crippen molar-refractivity contribution in [3.8, 4) is 11.5 Å². The van der Waals surface area contributed by atoms with Crippen molar-refractivity contribution >= 4 is 17.9 Å². The summed E-state index contributed by atoms with van der Waals surface area (Å²) in [4.78, 5) is 10.7. The minimum Gasteiger partial charge on any atom is -0.489 e. The third-order valence-electron chi connectivity index (χ3n) is 2.39. The molecule has 0 aromatic heterocycles. The molecule has 0 saturated heterocycles. The number of carbonyl (C=O) groups excluding carboxylic acids is 1. The molecule has 16 heavy (non-hydrogen) atoms. The lowest BCUT2D eigenvalue weighted by Gasteiger charge is -2.19. The van der Waals surface area contributed by atoms with E-state index >= 15 is 0 Å². The molecule has 0 fully saturated rings. The van der Waals surface area contributed by atoms with E-state index in [1.54, 1.807) is 12.1 Å². The van der Waals surface area contributed by atoms with Crippen LogP contribution in [0.3, 0.4) is 0 Å². The maximum Gasteiger partial charge on any atom is 0.179 e. The Kier molecular flexibility index (Phi) is 2.80. The van der Waals surface area contributed by atoms with E-state index in [1.165, 1.54) is 0 Å². The number of rotatable bonds is 1. The summed E-state index contributed by atoms with van der Waals surface area (Å²) < 4.78 is 11.2. The lowest BCUT2D eigenvalue weighted by atomic mass is 9.97. The smallest absolute Gasteiger partial charge is 0.179 e. The molecule has 86 valence electrons. The van der Waals surface area contributed by atoms with Gasteiger partial charge >= 0.3 is 0 Å². The summed E-state index contributed by atoms with van der Waals surface area (Å²) in [6.07, 6.45) is 0.742. The fraction of sp³-hybridized carbons (Fsp3) is 0.417. The normalized spacial score (nSPS) is 17.7. The molecule has 0 aliphatic carbocycles. The summed E-state index contributed by atoms with van der Waals surface area (Å²) in [5.41, 5.74) is 0.427. The Morgan fingerprint density at radius 2 is 2.00 bits per heavy atom. The Morgan fingerprint density at radius 3 is 2.69 bits per heavy atom. The van der Waals surface area contributed by atoms with Crippen LogP contribution >= 0.6 is 11.6 Å². The third-order valence-corrected chi connectivity index (χ3v) is 2.67. The maximum atomic E-state index is 10.7. The van der Waals surface area contributed by atoms with Crippen LogP contribution in [0.2, 0.25) is 5.02 Å². The summed E-state index contributed by atoms with van der Waals surface area (Å²) in [7, 11) is 0. The van der Waals surface area contributed by atoms with E-state index in [9.17, 15) is 4.79 Å². The van der Waals surface area contributed by atoms with Gasteiger partial charge in [0.05, 0.1) is 18.2 Å². The second-order valence-corrected chi connectivity index (χ2v) is 5.10. The number of fused-ring (bicyclic) bond motifs is 1. The fourth-order valence-electron chi connectivity index (χ4n) is 1.49. The zero-order valence-corrected chi connectivity index (χ0v) is 10.0. The number of halogens is 1. The molecule has 1 heterocycles. The first-order valence-electron chi connectivity index (χ1n) is 5.06. The van der Waals surface area contributed by atoms with Crippen LogP contribution < -0.4 is 9.47 Å². The Bertz CT molecular complexity index is 427. The van der Waals surface area contributed by atoms with Crippen LogP contribution in [0.1, 0.15) is 24.2 Å². The number of benzene rings is 1. The molecule has 4 heteroatoms. The predicted octanol–water partition coefficient (Wildman–Crippen LogP) is 2.95. The van der Waals surface area contributed by atoms with Gasteiger partial charge in [-0.3, -0.25) is 4.79 Å². The number of carbonyl (C=O) groups is 1. The van der Waals surface area contributed by atoms with Crippen molar-refractivity contribution in [1.29, 1.82) is 0 Å². The van der Waals surface area contributed by atoms with Crippen LogP contribution in [0.5, 0.6) is 11.5 Å². The minimum atomic E-state index is -0.0658. The van der Waals surface area contributed by atoms with E-state index in [-0.39, 0.29) is 5.41 Å². The molecule has 0 bridgehead atoms. The van der Waals surface area contributed by atoms with Gasteiger partial charge in [-0.05, 0) is 12.1 Å². The van der Waals surface area contributed by atoms with Gasteiger partial charge in [0.15, 0.2) is 11.5 Å². The van der Waals surface area contributed by atoms with Crippen LogP contribution in [-0.4, -0.2) is 19.5 Å². The second kappa shape index (κ2) is 3.98. The third kappa shape index (κ3) is 2.14. The molecule has 3 nitrogen and oxygen atoms in total. The molecular weight excluding hydrogens is 228 g/mol. The molecule has 0 unspecified atom stereocenters. The highest BCUT2D eigenvalue weighted by atomic mass is 35.5. The van der Waals surface area contributed by atoms with E-state index in [1.807, 2.05) is 13.8 Å². The molecule has 0 radical (unpaired) electrons. The molecule has 0 N–H and O–H groups in total. The van der Waals surface area contributed by atoms with E-state index in [0.717, 1.165) is 6.29 Å². The van der Waals surface area contributed by atoms with Gasteiger partial charge in [-0.2, -0.15) is 0 Å². The highest BCUT2D eigenvalue weighted by Gasteiger charge is 2.26. The van der Waals surface area contributed by atoms with Gasteiger partial charge in [0.1, 0.15) is 6.29 Å². The lowest BCUT2D eigenvalue weighted by molar-refractivity contribution is 0.112. The van der Waals surface area contributed by atoms with Gasteiger partial charge in [-0.1, -0.05) is 25.4 Å². The van der Waals surface area contributed by atoms with Gasteiger partial charge < -0.3 is 9.47 Å². The molecule has 0 saturated carbocycles. The Hall–Kier alpha value is -1.22. The van der Waals surface area contributed by atoms with Crippen molar-refractivity contribution in [3.63, 3.8) is 0 Å². The quantitative estimate of drug-likeness (QED) is 0.708. The summed E-state index contributed by atoms with van der Waals surface area (Å²) in [5.74, 6) is 1.07. The predicted molar refractivity (Wildman–Crippen MR) is 61.6 cm³/mol. The van der Waals surface area contributed by atoms with E-state index in [0.29, 0.717) is 35.3 Å². The van der Waals surface area contributed by atoms with Gasteiger partial charge in [-0.15, -0.1) is 0 Å². The van der Waals surface area contributed by atoms with Crippen molar-refractivity contribution in [1.82, 2.24) is 0 Å². The van der Waals surface area contributed by atoms with Crippen LogP contribution in [0.4, 0.5) is 0 Å². The summed E-state index contributed by atoms with van der Waals surface area (Å²) in [5, 5.41) is 0.414. The van der Waals surface area contributed by atoms with Crippen LogP contribution in [0.15, 0.2) is 12.1 Å². The van der Waals surface area contributed by atoms with Crippen molar-refractivity contribution in [2.24, 2.45) is 5.41 Å². The van der Waals surface area contributed by atoms with Crippen molar-refractivity contribution in [2.45, 2.75) is 13.8 Å². The summed E-state index contributed by atoms with van der Waals surface area (Å²) >= 11 is 6.03.